The Balaban J connectivity index is 1.58. The lowest BCUT2D eigenvalue weighted by Crippen LogP contribution is -1.98. The van der Waals surface area contributed by atoms with Crippen LogP contribution in [0.2, 0.25) is 0 Å². The highest BCUT2D eigenvalue weighted by Crippen LogP contribution is 2.19. The molecule has 0 spiro atoms. The van der Waals surface area contributed by atoms with Gasteiger partial charge >= 0.3 is 0 Å². The summed E-state index contributed by atoms with van der Waals surface area (Å²) in [5.41, 5.74) is 2.93. The van der Waals surface area contributed by atoms with Crippen molar-refractivity contribution in [3.8, 4) is 11.3 Å². The van der Waals surface area contributed by atoms with Gasteiger partial charge in [0.15, 0.2) is 5.82 Å². The van der Waals surface area contributed by atoms with Crippen LogP contribution in [0.15, 0.2) is 47.8 Å². The summed E-state index contributed by atoms with van der Waals surface area (Å²) in [6, 6.07) is 13.7. The number of nitrogens with zero attached hydrogens (tertiary/aromatic N) is 5. The smallest absolute Gasteiger partial charge is 0.249 e. The minimum Gasteiger partial charge on any atom is -0.306 e. The van der Waals surface area contributed by atoms with Crippen LogP contribution in [0.1, 0.15) is 5.69 Å². The lowest BCUT2D eigenvalue weighted by Gasteiger charge is -2.02. The molecule has 0 bridgehead atoms. The number of thiazole rings is 1. The molecule has 0 aliphatic rings. The fourth-order valence-corrected chi connectivity index (χ4v) is 2.92. The largest absolute Gasteiger partial charge is 0.306 e. The molecule has 0 aliphatic carbocycles. The predicted octanol–water partition coefficient (Wildman–Crippen LogP) is 3.30. The summed E-state index contributed by atoms with van der Waals surface area (Å²) < 4.78 is 1.80. The molecule has 0 fully saturated rings. The molecule has 0 saturated carbocycles. The number of anilines is 2. The zero-order valence-electron chi connectivity index (χ0n) is 11.8. The molecule has 7 heteroatoms. The van der Waals surface area contributed by atoms with E-state index in [-0.39, 0.29) is 0 Å². The first-order chi connectivity index (χ1) is 10.8. The van der Waals surface area contributed by atoms with Gasteiger partial charge in [0.1, 0.15) is 0 Å². The second-order valence-corrected chi connectivity index (χ2v) is 5.64. The van der Waals surface area contributed by atoms with E-state index in [2.05, 4.69) is 25.6 Å². The van der Waals surface area contributed by atoms with Gasteiger partial charge in [-0.25, -0.2) is 4.52 Å². The number of hydrogen-bond acceptors (Lipinski definition) is 6. The summed E-state index contributed by atoms with van der Waals surface area (Å²) in [5, 5.41) is 17.9. The van der Waals surface area contributed by atoms with Gasteiger partial charge < -0.3 is 5.32 Å². The van der Waals surface area contributed by atoms with Crippen LogP contribution in [-0.2, 0) is 0 Å². The Kier molecular flexibility index (Phi) is 3.05. The van der Waals surface area contributed by atoms with Crippen LogP contribution in [-0.4, -0.2) is 24.8 Å². The van der Waals surface area contributed by atoms with Crippen LogP contribution in [0.4, 0.5) is 11.8 Å². The lowest BCUT2D eigenvalue weighted by molar-refractivity contribution is 0.933. The Hall–Kier alpha value is -2.80. The number of hydrogen-bond donors (Lipinski definition) is 1. The molecule has 0 amide bonds. The summed E-state index contributed by atoms with van der Waals surface area (Å²) in [5.74, 6) is 1.15. The second kappa shape index (κ2) is 5.19. The van der Waals surface area contributed by atoms with Gasteiger partial charge in [0.25, 0.3) is 0 Å². The maximum Gasteiger partial charge on any atom is 0.249 e. The molecule has 6 nitrogen and oxygen atoms in total. The van der Waals surface area contributed by atoms with Crippen LogP contribution in [0.25, 0.3) is 16.2 Å². The number of aromatic nitrogens is 5. The van der Waals surface area contributed by atoms with Crippen LogP contribution < -0.4 is 5.32 Å². The first-order valence-corrected chi connectivity index (χ1v) is 7.64. The Morgan fingerprint density at radius 3 is 2.64 bits per heavy atom. The van der Waals surface area contributed by atoms with E-state index in [1.54, 1.807) is 15.9 Å². The van der Waals surface area contributed by atoms with E-state index < -0.39 is 0 Å². The predicted molar refractivity (Wildman–Crippen MR) is 86.4 cm³/mol. The van der Waals surface area contributed by atoms with Crippen molar-refractivity contribution in [2.45, 2.75) is 6.92 Å². The molecule has 0 atom stereocenters. The molecule has 22 heavy (non-hydrogen) atoms. The molecular weight excluding hydrogens is 296 g/mol. The molecule has 108 valence electrons. The van der Waals surface area contributed by atoms with Crippen molar-refractivity contribution in [2.24, 2.45) is 0 Å². The highest BCUT2D eigenvalue weighted by Gasteiger charge is 2.08. The Morgan fingerprint density at radius 2 is 1.91 bits per heavy atom. The van der Waals surface area contributed by atoms with Gasteiger partial charge in [-0.3, -0.25) is 0 Å². The average molecular weight is 308 g/mol. The summed E-state index contributed by atoms with van der Waals surface area (Å²) >= 11 is 1.56. The Bertz CT molecular complexity index is 910. The number of nitrogens with one attached hydrogen (secondary N) is 1. The van der Waals surface area contributed by atoms with Crippen LogP contribution in [0.5, 0.6) is 0 Å². The third kappa shape index (κ3) is 2.31. The van der Waals surface area contributed by atoms with Crippen molar-refractivity contribution in [1.29, 1.82) is 0 Å². The van der Waals surface area contributed by atoms with Gasteiger partial charge in [-0.15, -0.1) is 26.6 Å². The SMILES string of the molecule is Cc1csc2nc(Nc3ccc(-c4ccccc4)nn3)nn12. The van der Waals surface area contributed by atoms with Crippen molar-refractivity contribution < 1.29 is 0 Å². The zero-order chi connectivity index (χ0) is 14.9. The van der Waals surface area contributed by atoms with Gasteiger partial charge in [-0.2, -0.15) is 4.98 Å². The van der Waals surface area contributed by atoms with Crippen molar-refractivity contribution in [1.82, 2.24) is 24.8 Å². The molecule has 4 aromatic rings. The Labute approximate surface area is 130 Å². The molecule has 1 aromatic carbocycles. The fraction of sp³-hybridized carbons (Fsp3) is 0.0667. The molecule has 0 aliphatic heterocycles. The summed E-state index contributed by atoms with van der Waals surface area (Å²) in [6.45, 7) is 2.00. The summed E-state index contributed by atoms with van der Waals surface area (Å²) in [6.07, 6.45) is 0. The molecule has 3 aromatic heterocycles. The highest BCUT2D eigenvalue weighted by atomic mass is 32.1. The molecule has 1 N–H and O–H groups in total. The van der Waals surface area contributed by atoms with Crippen molar-refractivity contribution >= 4 is 28.1 Å². The minimum atomic E-state index is 0.525. The van der Waals surface area contributed by atoms with E-state index in [9.17, 15) is 0 Å². The van der Waals surface area contributed by atoms with E-state index in [0.717, 1.165) is 21.9 Å². The van der Waals surface area contributed by atoms with E-state index in [4.69, 9.17) is 0 Å². The third-order valence-electron chi connectivity index (χ3n) is 3.22. The number of rotatable bonds is 3. The molecule has 0 unspecified atom stereocenters. The molecular formula is C15H12N6S. The topological polar surface area (TPSA) is 68.0 Å². The normalized spacial score (nSPS) is 11.0. The van der Waals surface area contributed by atoms with Gasteiger partial charge in [0, 0.05) is 10.9 Å². The van der Waals surface area contributed by atoms with E-state index in [1.807, 2.05) is 54.8 Å². The lowest BCUT2D eigenvalue weighted by atomic mass is 10.1. The van der Waals surface area contributed by atoms with Gasteiger partial charge in [0.05, 0.1) is 11.4 Å². The standard InChI is InChI=1S/C15H12N6S/c1-10-9-22-15-17-14(20-21(10)15)16-13-8-7-12(18-19-13)11-5-3-2-4-6-11/h2-9H,1H3,(H,16,19,20). The van der Waals surface area contributed by atoms with E-state index >= 15 is 0 Å². The number of benzene rings is 1. The van der Waals surface area contributed by atoms with E-state index in [0.29, 0.717) is 11.8 Å². The van der Waals surface area contributed by atoms with Gasteiger partial charge in [-0.05, 0) is 19.1 Å². The van der Waals surface area contributed by atoms with Gasteiger partial charge in [0.2, 0.25) is 10.9 Å². The highest BCUT2D eigenvalue weighted by molar-refractivity contribution is 7.15. The van der Waals surface area contributed by atoms with E-state index in [1.165, 1.54) is 0 Å². The quantitative estimate of drug-likeness (QED) is 0.629. The second-order valence-electron chi connectivity index (χ2n) is 4.80. The third-order valence-corrected chi connectivity index (χ3v) is 4.15. The maximum absolute atomic E-state index is 4.40. The molecule has 4 rings (SSSR count). The minimum absolute atomic E-state index is 0.525. The van der Waals surface area contributed by atoms with Crippen LogP contribution >= 0.6 is 11.3 Å². The number of aryl methyl sites for hydroxylation is 1. The van der Waals surface area contributed by atoms with Gasteiger partial charge in [-0.1, -0.05) is 30.3 Å². The monoisotopic (exact) mass is 308 g/mol. The molecule has 0 saturated heterocycles. The molecule has 3 heterocycles. The first-order valence-electron chi connectivity index (χ1n) is 6.77. The zero-order valence-corrected chi connectivity index (χ0v) is 12.6. The van der Waals surface area contributed by atoms with Crippen molar-refractivity contribution in [3.63, 3.8) is 0 Å². The summed E-state index contributed by atoms with van der Waals surface area (Å²) in [7, 11) is 0. The maximum atomic E-state index is 4.40. The van der Waals surface area contributed by atoms with Crippen molar-refractivity contribution in [2.75, 3.05) is 5.32 Å². The number of fused-ring (bicyclic) bond motifs is 1. The van der Waals surface area contributed by atoms with Crippen LogP contribution in [0.3, 0.4) is 0 Å². The molecule has 0 radical (unpaired) electrons. The Morgan fingerprint density at radius 1 is 1.05 bits per heavy atom. The van der Waals surface area contributed by atoms with Crippen molar-refractivity contribution in [3.05, 3.63) is 53.5 Å². The fourth-order valence-electron chi connectivity index (χ4n) is 2.12. The average Bonchev–Trinajstić information content (AvgIpc) is 3.11. The van der Waals surface area contributed by atoms with Crippen LogP contribution in [0, 0.1) is 6.92 Å². The first kappa shape index (κ1) is 12.9. The summed E-state index contributed by atoms with van der Waals surface area (Å²) in [4.78, 5) is 5.26.